The van der Waals surface area contributed by atoms with Gasteiger partial charge in [-0.1, -0.05) is 0 Å². The number of rotatable bonds is 4. The van der Waals surface area contributed by atoms with E-state index in [4.69, 9.17) is 0 Å². The molecule has 4 rings (SSSR count). The second-order valence-corrected chi connectivity index (χ2v) is 7.44. The highest BCUT2D eigenvalue weighted by Crippen LogP contribution is 2.34. The number of halogens is 3. The van der Waals surface area contributed by atoms with E-state index in [9.17, 15) is 28.1 Å². The molecule has 3 heterocycles. The molecule has 12 heteroatoms. The maximum Gasteiger partial charge on any atom is 0.417 e. The molecule has 0 saturated carbocycles. The summed E-state index contributed by atoms with van der Waals surface area (Å²) in [6, 6.07) is 6.42. The highest BCUT2D eigenvalue weighted by Gasteiger charge is 2.32. The molecule has 0 radical (unpaired) electrons. The van der Waals surface area contributed by atoms with Gasteiger partial charge in [0.1, 0.15) is 11.4 Å². The van der Waals surface area contributed by atoms with Crippen LogP contribution in [0.2, 0.25) is 0 Å². The monoisotopic (exact) mass is 449 g/mol. The van der Waals surface area contributed by atoms with Crippen LogP contribution in [0.15, 0.2) is 36.5 Å². The largest absolute Gasteiger partial charge is 0.465 e. The van der Waals surface area contributed by atoms with Crippen LogP contribution >= 0.6 is 0 Å². The van der Waals surface area contributed by atoms with Crippen LogP contribution in [0.5, 0.6) is 0 Å². The summed E-state index contributed by atoms with van der Waals surface area (Å²) >= 11 is 0. The third-order valence-electron chi connectivity index (χ3n) is 5.49. The van der Waals surface area contributed by atoms with Crippen molar-refractivity contribution in [2.24, 2.45) is 0 Å². The standard InChI is InChI=1S/C20H18F3N5O4/c1-32-19(29)15-9-14(5-6-16(15)28(30)31)26-8-2-3-12(10-26)18-25-24-17-7-4-13(11-27(17)18)20(21,22)23/h4-7,9,11-12H,2-3,8,10H2,1H3. The van der Waals surface area contributed by atoms with E-state index in [1.165, 1.54) is 28.7 Å². The molecule has 3 aromatic rings. The first-order valence-electron chi connectivity index (χ1n) is 9.72. The summed E-state index contributed by atoms with van der Waals surface area (Å²) in [6.45, 7) is 1.01. The molecule has 0 aliphatic carbocycles. The van der Waals surface area contributed by atoms with Gasteiger partial charge in [0.2, 0.25) is 0 Å². The van der Waals surface area contributed by atoms with E-state index < -0.39 is 22.6 Å². The third kappa shape index (κ3) is 3.95. The van der Waals surface area contributed by atoms with Crippen LogP contribution < -0.4 is 4.90 Å². The molecule has 0 bridgehead atoms. The van der Waals surface area contributed by atoms with Gasteiger partial charge in [-0.05, 0) is 37.1 Å². The van der Waals surface area contributed by atoms with Crippen molar-refractivity contribution >= 4 is 23.0 Å². The average molecular weight is 449 g/mol. The zero-order valence-electron chi connectivity index (χ0n) is 16.9. The maximum atomic E-state index is 13.2. The Morgan fingerprint density at radius 1 is 1.25 bits per heavy atom. The average Bonchev–Trinajstić information content (AvgIpc) is 3.21. The number of alkyl halides is 3. The maximum absolute atomic E-state index is 13.2. The van der Waals surface area contributed by atoms with Crippen molar-refractivity contribution in [3.8, 4) is 0 Å². The van der Waals surface area contributed by atoms with E-state index in [1.807, 2.05) is 4.90 Å². The minimum atomic E-state index is -4.49. The molecule has 1 unspecified atom stereocenters. The van der Waals surface area contributed by atoms with Crippen LogP contribution in [0.3, 0.4) is 0 Å². The van der Waals surface area contributed by atoms with Crippen molar-refractivity contribution in [2.75, 3.05) is 25.1 Å². The number of nitrogens with zero attached hydrogens (tertiary/aromatic N) is 5. The molecule has 1 aromatic carbocycles. The SMILES string of the molecule is COC(=O)c1cc(N2CCCC(c3nnc4ccc(C(F)(F)F)cn34)C2)ccc1[N+](=O)[O-]. The van der Waals surface area contributed by atoms with Crippen molar-refractivity contribution in [1.82, 2.24) is 14.6 Å². The van der Waals surface area contributed by atoms with E-state index in [0.717, 1.165) is 19.4 Å². The number of nitro benzene ring substituents is 1. The smallest absolute Gasteiger partial charge is 0.417 e. The molecular formula is C20H18F3N5O4. The molecule has 9 nitrogen and oxygen atoms in total. The normalized spacial score (nSPS) is 16.9. The highest BCUT2D eigenvalue weighted by atomic mass is 19.4. The molecule has 32 heavy (non-hydrogen) atoms. The summed E-state index contributed by atoms with van der Waals surface area (Å²) in [5.74, 6) is -0.639. The number of piperidine rings is 1. The van der Waals surface area contributed by atoms with Crippen molar-refractivity contribution in [3.05, 3.63) is 63.6 Å². The number of nitro groups is 1. The number of benzene rings is 1. The number of esters is 1. The molecule has 0 amide bonds. The van der Waals surface area contributed by atoms with Crippen LogP contribution in [0.1, 0.15) is 40.5 Å². The Bertz CT molecular complexity index is 1190. The molecule has 2 aromatic heterocycles. The van der Waals surface area contributed by atoms with Gasteiger partial charge in [0.15, 0.2) is 5.65 Å². The third-order valence-corrected chi connectivity index (χ3v) is 5.49. The Labute approximate surface area is 179 Å². The Kier molecular flexibility index (Phi) is 5.45. The summed E-state index contributed by atoms with van der Waals surface area (Å²) in [5, 5.41) is 19.4. The van der Waals surface area contributed by atoms with Crippen molar-refractivity contribution in [1.29, 1.82) is 0 Å². The van der Waals surface area contributed by atoms with E-state index in [-0.39, 0.29) is 17.2 Å². The van der Waals surface area contributed by atoms with E-state index in [1.54, 1.807) is 0 Å². The van der Waals surface area contributed by atoms with Crippen LogP contribution in [0.25, 0.3) is 5.65 Å². The molecule has 1 saturated heterocycles. The summed E-state index contributed by atoms with van der Waals surface area (Å²) in [7, 11) is 1.14. The first kappa shape index (κ1) is 21.5. The summed E-state index contributed by atoms with van der Waals surface area (Å²) in [5.41, 5.74) is -0.437. The summed E-state index contributed by atoms with van der Waals surface area (Å²) in [6.07, 6.45) is -2.10. The predicted octanol–water partition coefficient (Wildman–Crippen LogP) is 3.83. The van der Waals surface area contributed by atoms with Gasteiger partial charge in [-0.25, -0.2) is 4.79 Å². The fourth-order valence-corrected chi connectivity index (χ4v) is 3.93. The topological polar surface area (TPSA) is 103 Å². The van der Waals surface area contributed by atoms with Crippen LogP contribution in [0.4, 0.5) is 24.5 Å². The zero-order chi connectivity index (χ0) is 23.0. The van der Waals surface area contributed by atoms with Crippen molar-refractivity contribution in [2.45, 2.75) is 24.9 Å². The van der Waals surface area contributed by atoms with Crippen molar-refractivity contribution in [3.63, 3.8) is 0 Å². The lowest BCUT2D eigenvalue weighted by atomic mass is 9.96. The molecule has 0 N–H and O–H groups in total. The second kappa shape index (κ2) is 8.09. The Balaban J connectivity index is 1.66. The summed E-state index contributed by atoms with van der Waals surface area (Å²) < 4.78 is 45.5. The van der Waals surface area contributed by atoms with Gasteiger partial charge >= 0.3 is 12.1 Å². The number of pyridine rings is 1. The molecule has 1 aliphatic rings. The number of carbonyl (C=O) groups is 1. The minimum absolute atomic E-state index is 0.167. The Hall–Kier alpha value is -3.70. The zero-order valence-corrected chi connectivity index (χ0v) is 16.9. The van der Waals surface area contributed by atoms with Gasteiger partial charge in [-0.3, -0.25) is 14.5 Å². The first-order chi connectivity index (χ1) is 15.2. The summed E-state index contributed by atoms with van der Waals surface area (Å²) in [4.78, 5) is 24.5. The van der Waals surface area contributed by atoms with Gasteiger partial charge in [-0.2, -0.15) is 13.2 Å². The van der Waals surface area contributed by atoms with E-state index in [0.29, 0.717) is 43.1 Å². The fraction of sp³-hybridized carbons (Fsp3) is 0.350. The van der Waals surface area contributed by atoms with Gasteiger partial charge in [0.05, 0.1) is 17.6 Å². The molecule has 1 fully saturated rings. The van der Waals surface area contributed by atoms with Crippen LogP contribution in [-0.4, -0.2) is 45.7 Å². The molecule has 1 atom stereocenters. The van der Waals surface area contributed by atoms with E-state index in [2.05, 4.69) is 14.9 Å². The quantitative estimate of drug-likeness (QED) is 0.339. The number of hydrogen-bond acceptors (Lipinski definition) is 7. The van der Waals surface area contributed by atoms with Gasteiger partial charge in [0, 0.05) is 37.0 Å². The number of methoxy groups -OCH3 is 1. The highest BCUT2D eigenvalue weighted by molar-refractivity contribution is 5.95. The molecule has 1 aliphatic heterocycles. The number of anilines is 1. The van der Waals surface area contributed by atoms with Gasteiger partial charge < -0.3 is 9.64 Å². The lowest BCUT2D eigenvalue weighted by Crippen LogP contribution is -2.35. The van der Waals surface area contributed by atoms with Gasteiger partial charge in [0.25, 0.3) is 5.69 Å². The van der Waals surface area contributed by atoms with Crippen LogP contribution in [-0.2, 0) is 10.9 Å². The second-order valence-electron chi connectivity index (χ2n) is 7.44. The molecule has 0 spiro atoms. The number of fused-ring (bicyclic) bond motifs is 1. The number of ether oxygens (including phenoxy) is 1. The lowest BCUT2D eigenvalue weighted by molar-refractivity contribution is -0.385. The fourth-order valence-electron chi connectivity index (χ4n) is 3.93. The van der Waals surface area contributed by atoms with Crippen molar-refractivity contribution < 1.29 is 27.6 Å². The number of aromatic nitrogens is 3. The number of carbonyl (C=O) groups excluding carboxylic acids is 1. The molecular weight excluding hydrogens is 431 g/mol. The minimum Gasteiger partial charge on any atom is -0.465 e. The predicted molar refractivity (Wildman–Crippen MR) is 107 cm³/mol. The molecule has 168 valence electrons. The van der Waals surface area contributed by atoms with E-state index >= 15 is 0 Å². The first-order valence-corrected chi connectivity index (χ1v) is 9.72. The van der Waals surface area contributed by atoms with Gasteiger partial charge in [-0.15, -0.1) is 10.2 Å². The Morgan fingerprint density at radius 2 is 2.03 bits per heavy atom. The van der Waals surface area contributed by atoms with Crippen LogP contribution in [0, 0.1) is 10.1 Å². The lowest BCUT2D eigenvalue weighted by Gasteiger charge is -2.33. The number of hydrogen-bond donors (Lipinski definition) is 0. The Morgan fingerprint density at radius 3 is 2.72 bits per heavy atom.